The molecule has 1 aliphatic rings. The van der Waals surface area contributed by atoms with E-state index in [1.807, 2.05) is 0 Å². The zero-order valence-electron chi connectivity index (χ0n) is 16.4. The van der Waals surface area contributed by atoms with Crippen LogP contribution in [0.1, 0.15) is 12.5 Å². The van der Waals surface area contributed by atoms with Gasteiger partial charge in [-0.3, -0.25) is 5.32 Å². The molecule has 0 amide bonds. The number of fused-ring (bicyclic) bond motifs is 3. The minimum absolute atomic E-state index is 0.0121. The Labute approximate surface area is 185 Å². The third kappa shape index (κ3) is 3.70. The number of alkyl halides is 3. The number of nitrogens with one attached hydrogen (secondary N) is 1. The highest BCUT2D eigenvalue weighted by molar-refractivity contribution is 7.90. The van der Waals surface area contributed by atoms with Crippen molar-refractivity contribution in [2.45, 2.75) is 23.7 Å². The Balaban J connectivity index is 1.92. The van der Waals surface area contributed by atoms with Crippen molar-refractivity contribution in [2.75, 3.05) is 13.2 Å². The maximum Gasteiger partial charge on any atom is 0.491 e. The first-order chi connectivity index (χ1) is 14.9. The number of nitrogens with zero attached hydrogens (tertiary/aromatic N) is 1. The molecule has 2 aromatic carbocycles. The van der Waals surface area contributed by atoms with Gasteiger partial charge in [-0.05, 0) is 37.3 Å². The lowest BCUT2D eigenvalue weighted by atomic mass is 9.99. The molecular formula is C20H16ClF3N2O5S. The van der Waals surface area contributed by atoms with Crippen LogP contribution in [0.2, 0.25) is 5.02 Å². The van der Waals surface area contributed by atoms with Gasteiger partial charge in [-0.1, -0.05) is 23.7 Å². The number of hydrogen-bond acceptors (Lipinski definition) is 6. The van der Waals surface area contributed by atoms with Crippen molar-refractivity contribution >= 4 is 38.5 Å². The van der Waals surface area contributed by atoms with E-state index in [1.54, 1.807) is 6.07 Å². The average Bonchev–Trinajstić information content (AvgIpc) is 3.08. The Morgan fingerprint density at radius 2 is 1.94 bits per heavy atom. The van der Waals surface area contributed by atoms with Crippen LogP contribution in [0.5, 0.6) is 5.75 Å². The summed E-state index contributed by atoms with van der Waals surface area (Å²) in [5.41, 5.74) is -1.72. The van der Waals surface area contributed by atoms with Gasteiger partial charge in [-0.25, -0.2) is 17.2 Å². The fourth-order valence-corrected chi connectivity index (χ4v) is 5.47. The van der Waals surface area contributed by atoms with E-state index in [9.17, 15) is 26.4 Å². The van der Waals surface area contributed by atoms with Gasteiger partial charge in [0.2, 0.25) is 0 Å². The van der Waals surface area contributed by atoms with Gasteiger partial charge >= 0.3 is 12.1 Å². The van der Waals surface area contributed by atoms with Gasteiger partial charge in [-0.15, -0.1) is 0 Å². The van der Waals surface area contributed by atoms with E-state index in [0.29, 0.717) is 0 Å². The number of benzene rings is 2. The SMILES string of the molecule is CC1(OC(=O)C(F)(F)F)NCCOc2ccc3c(ccn3S(=O)(=O)c3ccccc3Cl)c21. The number of halogens is 4. The van der Waals surface area contributed by atoms with Gasteiger partial charge in [-0.2, -0.15) is 13.2 Å². The molecule has 0 spiro atoms. The number of aromatic nitrogens is 1. The maximum absolute atomic E-state index is 13.2. The second-order valence-corrected chi connectivity index (χ2v) is 9.30. The third-order valence-electron chi connectivity index (χ3n) is 5.00. The van der Waals surface area contributed by atoms with Crippen LogP contribution in [0.4, 0.5) is 13.2 Å². The lowest BCUT2D eigenvalue weighted by Gasteiger charge is -2.31. The summed E-state index contributed by atoms with van der Waals surface area (Å²) in [4.78, 5) is 11.5. The molecule has 1 atom stereocenters. The van der Waals surface area contributed by atoms with Crippen LogP contribution in [-0.4, -0.2) is 37.7 Å². The van der Waals surface area contributed by atoms with E-state index in [4.69, 9.17) is 21.1 Å². The van der Waals surface area contributed by atoms with Crippen LogP contribution in [0.15, 0.2) is 53.6 Å². The summed E-state index contributed by atoms with van der Waals surface area (Å²) in [6.45, 7) is 1.43. The van der Waals surface area contributed by atoms with Crippen LogP contribution in [0, 0.1) is 0 Å². The molecular weight excluding hydrogens is 473 g/mol. The highest BCUT2D eigenvalue weighted by Gasteiger charge is 2.47. The van der Waals surface area contributed by atoms with Gasteiger partial charge < -0.3 is 9.47 Å². The number of carbonyl (C=O) groups is 1. The first kappa shape index (κ1) is 22.4. The summed E-state index contributed by atoms with van der Waals surface area (Å²) in [5, 5.41) is 2.99. The van der Waals surface area contributed by atoms with Crippen molar-refractivity contribution in [1.29, 1.82) is 0 Å². The minimum Gasteiger partial charge on any atom is -0.492 e. The molecule has 7 nitrogen and oxygen atoms in total. The van der Waals surface area contributed by atoms with Crippen molar-refractivity contribution in [2.24, 2.45) is 0 Å². The van der Waals surface area contributed by atoms with Crippen LogP contribution in [0.25, 0.3) is 10.9 Å². The van der Waals surface area contributed by atoms with Crippen molar-refractivity contribution in [3.05, 3.63) is 59.2 Å². The van der Waals surface area contributed by atoms with Crippen molar-refractivity contribution in [3.8, 4) is 5.75 Å². The van der Waals surface area contributed by atoms with Crippen LogP contribution >= 0.6 is 11.6 Å². The molecule has 170 valence electrons. The normalized spacial score (nSPS) is 19.2. The number of rotatable bonds is 3. The summed E-state index contributed by atoms with van der Waals surface area (Å²) in [5.74, 6) is -2.23. The van der Waals surface area contributed by atoms with E-state index in [-0.39, 0.29) is 45.3 Å². The van der Waals surface area contributed by atoms with Crippen molar-refractivity contribution < 1.29 is 35.9 Å². The summed E-state index contributed by atoms with van der Waals surface area (Å²) in [7, 11) is -4.14. The first-order valence-corrected chi connectivity index (χ1v) is 11.1. The Morgan fingerprint density at radius 1 is 1.22 bits per heavy atom. The van der Waals surface area contributed by atoms with Gasteiger partial charge in [0.25, 0.3) is 10.0 Å². The zero-order chi connectivity index (χ0) is 23.3. The molecule has 0 fully saturated rings. The standard InChI is InChI=1S/C20H16ClF3N2O5S/c1-19(31-18(27)20(22,23)24)17-12-8-10-26(14(12)6-7-15(17)30-11-9-25-19)32(28,29)16-5-3-2-4-13(16)21/h2-8,10,25H,9,11H2,1H3. The van der Waals surface area contributed by atoms with Crippen LogP contribution in [0.3, 0.4) is 0 Å². The topological polar surface area (TPSA) is 86.6 Å². The third-order valence-corrected chi connectivity index (χ3v) is 7.19. The van der Waals surface area contributed by atoms with Crippen molar-refractivity contribution in [3.63, 3.8) is 0 Å². The molecule has 32 heavy (non-hydrogen) atoms. The quantitative estimate of drug-likeness (QED) is 0.564. The highest BCUT2D eigenvalue weighted by Crippen LogP contribution is 2.41. The highest BCUT2D eigenvalue weighted by atomic mass is 35.5. The smallest absolute Gasteiger partial charge is 0.491 e. The predicted octanol–water partition coefficient (Wildman–Crippen LogP) is 3.79. The van der Waals surface area contributed by atoms with E-state index in [2.05, 4.69) is 5.32 Å². The summed E-state index contributed by atoms with van der Waals surface area (Å²) < 4.78 is 76.6. The molecule has 0 saturated carbocycles. The second-order valence-electron chi connectivity index (χ2n) is 7.11. The second kappa shape index (κ2) is 7.68. The summed E-state index contributed by atoms with van der Waals surface area (Å²) in [6, 6.07) is 10.1. The molecule has 1 aromatic heterocycles. The molecule has 1 aliphatic heterocycles. The van der Waals surface area contributed by atoms with E-state index in [0.717, 1.165) is 3.97 Å². The summed E-state index contributed by atoms with van der Waals surface area (Å²) >= 11 is 6.07. The predicted molar refractivity (Wildman–Crippen MR) is 109 cm³/mol. The molecule has 12 heteroatoms. The average molecular weight is 489 g/mol. The number of hydrogen-bond donors (Lipinski definition) is 1. The molecule has 0 saturated heterocycles. The van der Waals surface area contributed by atoms with E-state index >= 15 is 0 Å². The largest absolute Gasteiger partial charge is 0.492 e. The maximum atomic E-state index is 13.2. The lowest BCUT2D eigenvalue weighted by Crippen LogP contribution is -2.46. The molecule has 1 unspecified atom stereocenters. The van der Waals surface area contributed by atoms with Gasteiger partial charge in [0.05, 0.1) is 16.1 Å². The van der Waals surface area contributed by atoms with Gasteiger partial charge in [0, 0.05) is 18.1 Å². The Morgan fingerprint density at radius 3 is 2.62 bits per heavy atom. The molecule has 3 aromatic rings. The first-order valence-electron chi connectivity index (χ1n) is 9.28. The molecule has 0 aliphatic carbocycles. The zero-order valence-corrected chi connectivity index (χ0v) is 18.0. The molecule has 1 N–H and O–H groups in total. The van der Waals surface area contributed by atoms with Crippen LogP contribution in [-0.2, 0) is 25.3 Å². The fraction of sp³-hybridized carbons (Fsp3) is 0.250. The Kier molecular flexibility index (Phi) is 5.38. The molecule has 0 radical (unpaired) electrons. The monoisotopic (exact) mass is 488 g/mol. The van der Waals surface area contributed by atoms with Gasteiger partial charge in [0.15, 0.2) is 5.72 Å². The van der Waals surface area contributed by atoms with E-state index in [1.165, 1.54) is 49.5 Å². The minimum atomic E-state index is -5.22. The Bertz CT molecular complexity index is 1320. The number of esters is 1. The van der Waals surface area contributed by atoms with Gasteiger partial charge in [0.1, 0.15) is 17.3 Å². The fourth-order valence-electron chi connectivity index (χ4n) is 3.62. The summed E-state index contributed by atoms with van der Waals surface area (Å²) in [6.07, 6.45) is -3.97. The number of carbonyl (C=O) groups excluding carboxylic acids is 1. The van der Waals surface area contributed by atoms with Crippen LogP contribution < -0.4 is 10.1 Å². The number of ether oxygens (including phenoxy) is 2. The molecule has 2 heterocycles. The molecule has 4 rings (SSSR count). The van der Waals surface area contributed by atoms with E-state index < -0.39 is 27.9 Å². The molecule has 0 bridgehead atoms. The Hall–Kier alpha value is -2.76. The lowest BCUT2D eigenvalue weighted by molar-refractivity contribution is -0.216. The van der Waals surface area contributed by atoms with Crippen molar-refractivity contribution in [1.82, 2.24) is 9.29 Å².